The normalized spacial score (nSPS) is 11.4. The van der Waals surface area contributed by atoms with Gasteiger partial charge in [-0.3, -0.25) is 9.69 Å². The number of likely N-dealkylation sites (N-methyl/N-ethyl adjacent to an activating group) is 1. The summed E-state index contributed by atoms with van der Waals surface area (Å²) < 4.78 is 49.8. The summed E-state index contributed by atoms with van der Waals surface area (Å²) in [6, 6.07) is 8.54. The van der Waals surface area contributed by atoms with E-state index in [4.69, 9.17) is 21.1 Å². The van der Waals surface area contributed by atoms with Crippen molar-refractivity contribution >= 4 is 23.2 Å². The van der Waals surface area contributed by atoms with Crippen molar-refractivity contribution in [1.29, 1.82) is 0 Å². The second kappa shape index (κ2) is 9.16. The van der Waals surface area contributed by atoms with E-state index in [9.17, 15) is 18.0 Å². The fourth-order valence-electron chi connectivity index (χ4n) is 2.64. The molecular formula is C19H20ClF3N2O3. The zero-order valence-electron chi connectivity index (χ0n) is 15.6. The standard InChI is InChI=1S/C19H20ClF3N2O3/c1-25(10-12-4-7-16(27-2)17(8-12)28-3)11-18(26)24-15-6-5-13(20)9-14(15)19(21,22)23/h4-9H,10-11H2,1-3H3,(H,24,26). The van der Waals surface area contributed by atoms with E-state index in [0.717, 1.165) is 17.7 Å². The molecule has 0 aliphatic heterocycles. The maximum absolute atomic E-state index is 13.1. The SMILES string of the molecule is COc1ccc(CN(C)CC(=O)Nc2ccc(Cl)cc2C(F)(F)F)cc1OC. The molecule has 2 rings (SSSR count). The highest BCUT2D eigenvalue weighted by Gasteiger charge is 2.34. The smallest absolute Gasteiger partial charge is 0.418 e. The van der Waals surface area contributed by atoms with Crippen LogP contribution in [0.25, 0.3) is 0 Å². The van der Waals surface area contributed by atoms with Crippen LogP contribution in [0.5, 0.6) is 11.5 Å². The van der Waals surface area contributed by atoms with Crippen LogP contribution in [0.15, 0.2) is 36.4 Å². The average molecular weight is 417 g/mol. The number of hydrogen-bond donors (Lipinski definition) is 1. The second-order valence-electron chi connectivity index (χ2n) is 6.10. The Morgan fingerprint density at radius 1 is 1.11 bits per heavy atom. The van der Waals surface area contributed by atoms with Crippen LogP contribution in [0.3, 0.4) is 0 Å². The van der Waals surface area contributed by atoms with Crippen molar-refractivity contribution in [3.8, 4) is 11.5 Å². The minimum absolute atomic E-state index is 0.0594. The van der Waals surface area contributed by atoms with Gasteiger partial charge in [0.05, 0.1) is 32.0 Å². The molecule has 0 spiro atoms. The molecule has 1 amide bonds. The molecule has 0 bridgehead atoms. The Labute approximate surface area is 166 Å². The Morgan fingerprint density at radius 2 is 1.79 bits per heavy atom. The Morgan fingerprint density at radius 3 is 2.39 bits per heavy atom. The first-order valence-electron chi connectivity index (χ1n) is 8.20. The molecule has 0 unspecified atom stereocenters. The number of methoxy groups -OCH3 is 2. The van der Waals surface area contributed by atoms with Crippen molar-refractivity contribution < 1.29 is 27.4 Å². The molecule has 0 aliphatic carbocycles. The number of anilines is 1. The molecule has 0 atom stereocenters. The van der Waals surface area contributed by atoms with E-state index in [2.05, 4.69) is 5.32 Å². The highest BCUT2D eigenvalue weighted by Crippen LogP contribution is 2.36. The third kappa shape index (κ3) is 5.77. The molecule has 9 heteroatoms. The molecule has 0 radical (unpaired) electrons. The van der Waals surface area contributed by atoms with Crippen molar-refractivity contribution in [2.45, 2.75) is 12.7 Å². The summed E-state index contributed by atoms with van der Waals surface area (Å²) in [7, 11) is 4.73. The highest BCUT2D eigenvalue weighted by atomic mass is 35.5. The predicted molar refractivity (Wildman–Crippen MR) is 101 cm³/mol. The number of nitrogens with one attached hydrogen (secondary N) is 1. The molecule has 1 N–H and O–H groups in total. The Bertz CT molecular complexity index is 844. The molecule has 0 saturated heterocycles. The van der Waals surface area contributed by atoms with Gasteiger partial charge in [-0.1, -0.05) is 17.7 Å². The molecular weight excluding hydrogens is 397 g/mol. The average Bonchev–Trinajstić information content (AvgIpc) is 2.62. The second-order valence-corrected chi connectivity index (χ2v) is 6.53. The lowest BCUT2D eigenvalue weighted by atomic mass is 10.1. The first kappa shape index (κ1) is 21.8. The summed E-state index contributed by atoms with van der Waals surface area (Å²) in [6.45, 7) is 0.286. The number of benzene rings is 2. The molecule has 0 fully saturated rings. The lowest BCUT2D eigenvalue weighted by Gasteiger charge is -2.19. The lowest BCUT2D eigenvalue weighted by Crippen LogP contribution is -2.30. The van der Waals surface area contributed by atoms with Crippen LogP contribution in [-0.4, -0.2) is 38.6 Å². The number of carbonyl (C=O) groups excluding carboxylic acids is 1. The molecule has 5 nitrogen and oxygen atoms in total. The van der Waals surface area contributed by atoms with Crippen LogP contribution < -0.4 is 14.8 Å². The highest BCUT2D eigenvalue weighted by molar-refractivity contribution is 6.30. The van der Waals surface area contributed by atoms with E-state index < -0.39 is 17.6 Å². The van der Waals surface area contributed by atoms with Crippen LogP contribution in [0.1, 0.15) is 11.1 Å². The maximum Gasteiger partial charge on any atom is 0.418 e. The van der Waals surface area contributed by atoms with Gasteiger partial charge in [0.1, 0.15) is 0 Å². The molecule has 2 aromatic carbocycles. The van der Waals surface area contributed by atoms with Gasteiger partial charge in [0.25, 0.3) is 0 Å². The number of nitrogens with zero attached hydrogens (tertiary/aromatic N) is 1. The lowest BCUT2D eigenvalue weighted by molar-refractivity contribution is -0.137. The van der Waals surface area contributed by atoms with E-state index in [1.54, 1.807) is 24.1 Å². The van der Waals surface area contributed by atoms with Gasteiger partial charge in [-0.05, 0) is 42.9 Å². The molecule has 2 aromatic rings. The van der Waals surface area contributed by atoms with Crippen LogP contribution in [-0.2, 0) is 17.5 Å². The Hall–Kier alpha value is -2.45. The monoisotopic (exact) mass is 416 g/mol. The van der Waals surface area contributed by atoms with E-state index in [-0.39, 0.29) is 17.3 Å². The Balaban J connectivity index is 2.04. The number of ether oxygens (including phenoxy) is 2. The largest absolute Gasteiger partial charge is 0.493 e. The van der Waals surface area contributed by atoms with Crippen molar-refractivity contribution in [2.24, 2.45) is 0 Å². The number of halogens is 4. The predicted octanol–water partition coefficient (Wildman–Crippen LogP) is 4.45. The van der Waals surface area contributed by atoms with Crippen molar-refractivity contribution in [2.75, 3.05) is 33.1 Å². The topological polar surface area (TPSA) is 50.8 Å². The van der Waals surface area contributed by atoms with Gasteiger partial charge in [-0.15, -0.1) is 0 Å². The number of carbonyl (C=O) groups is 1. The number of hydrogen-bond acceptors (Lipinski definition) is 4. The summed E-state index contributed by atoms with van der Waals surface area (Å²) >= 11 is 5.64. The molecule has 152 valence electrons. The molecule has 0 aromatic heterocycles. The van der Waals surface area contributed by atoms with Crippen molar-refractivity contribution in [3.63, 3.8) is 0 Å². The third-order valence-corrected chi connectivity index (χ3v) is 4.11. The van der Waals surface area contributed by atoms with E-state index >= 15 is 0 Å². The quantitative estimate of drug-likeness (QED) is 0.724. The fourth-order valence-corrected chi connectivity index (χ4v) is 2.81. The summed E-state index contributed by atoms with van der Waals surface area (Å²) in [6.07, 6.45) is -4.63. The zero-order valence-corrected chi connectivity index (χ0v) is 16.3. The minimum atomic E-state index is -4.63. The van der Waals surface area contributed by atoms with Gasteiger partial charge in [-0.25, -0.2) is 0 Å². The van der Waals surface area contributed by atoms with Crippen LogP contribution in [0.4, 0.5) is 18.9 Å². The molecule has 28 heavy (non-hydrogen) atoms. The van der Waals surface area contributed by atoms with Crippen LogP contribution in [0, 0.1) is 0 Å². The van der Waals surface area contributed by atoms with E-state index in [0.29, 0.717) is 18.0 Å². The third-order valence-electron chi connectivity index (χ3n) is 3.88. The van der Waals surface area contributed by atoms with Gasteiger partial charge in [0.15, 0.2) is 11.5 Å². The maximum atomic E-state index is 13.1. The van der Waals surface area contributed by atoms with Gasteiger partial charge in [0, 0.05) is 11.6 Å². The number of amides is 1. The van der Waals surface area contributed by atoms with E-state index in [1.807, 2.05) is 6.07 Å². The number of alkyl halides is 3. The summed E-state index contributed by atoms with van der Waals surface area (Å²) in [5.74, 6) is 0.554. The van der Waals surface area contributed by atoms with Gasteiger partial charge >= 0.3 is 6.18 Å². The number of rotatable bonds is 7. The van der Waals surface area contributed by atoms with Gasteiger partial charge < -0.3 is 14.8 Å². The van der Waals surface area contributed by atoms with Crippen LogP contribution in [0.2, 0.25) is 5.02 Å². The van der Waals surface area contributed by atoms with E-state index in [1.165, 1.54) is 20.3 Å². The molecule has 0 aliphatic rings. The zero-order chi connectivity index (χ0) is 20.9. The first-order valence-corrected chi connectivity index (χ1v) is 8.58. The first-order chi connectivity index (χ1) is 13.1. The Kier molecular flexibility index (Phi) is 7.15. The van der Waals surface area contributed by atoms with Gasteiger partial charge in [-0.2, -0.15) is 13.2 Å². The van der Waals surface area contributed by atoms with Gasteiger partial charge in [0.2, 0.25) is 5.91 Å². The minimum Gasteiger partial charge on any atom is -0.493 e. The summed E-state index contributed by atoms with van der Waals surface area (Å²) in [5.41, 5.74) is -0.465. The fraction of sp³-hybridized carbons (Fsp3) is 0.316. The molecule has 0 saturated carbocycles. The summed E-state index contributed by atoms with van der Waals surface area (Å²) in [4.78, 5) is 13.9. The van der Waals surface area contributed by atoms with Crippen LogP contribution >= 0.6 is 11.6 Å². The summed E-state index contributed by atoms with van der Waals surface area (Å²) in [5, 5.41) is 2.24. The van der Waals surface area contributed by atoms with Crippen molar-refractivity contribution in [3.05, 3.63) is 52.5 Å². The van der Waals surface area contributed by atoms with Crippen molar-refractivity contribution in [1.82, 2.24) is 4.90 Å². The molecule has 0 heterocycles.